The standard InChI is InChI=1S/C18H18N2O3/c1-12-5-3-4-6-14(12)18(22)19-13-7-8-16-15(11-13)20(2)17(21)9-10-23-16/h3-8,11H,9-10H2,1-2H3,(H,19,22). The van der Waals surface area contributed by atoms with Gasteiger partial charge in [-0.3, -0.25) is 9.59 Å². The second-order valence-electron chi connectivity index (χ2n) is 5.50. The summed E-state index contributed by atoms with van der Waals surface area (Å²) in [6, 6.07) is 12.7. The van der Waals surface area contributed by atoms with Crippen molar-refractivity contribution in [3.05, 3.63) is 53.6 Å². The maximum Gasteiger partial charge on any atom is 0.255 e. The summed E-state index contributed by atoms with van der Waals surface area (Å²) in [4.78, 5) is 25.9. The number of anilines is 2. The molecule has 0 atom stereocenters. The van der Waals surface area contributed by atoms with E-state index in [4.69, 9.17) is 4.74 Å². The summed E-state index contributed by atoms with van der Waals surface area (Å²) in [6.45, 7) is 2.26. The maximum absolute atomic E-state index is 12.4. The molecule has 23 heavy (non-hydrogen) atoms. The van der Waals surface area contributed by atoms with Crippen molar-refractivity contribution < 1.29 is 14.3 Å². The van der Waals surface area contributed by atoms with E-state index in [1.807, 2.05) is 25.1 Å². The monoisotopic (exact) mass is 310 g/mol. The minimum atomic E-state index is -0.174. The van der Waals surface area contributed by atoms with E-state index >= 15 is 0 Å². The summed E-state index contributed by atoms with van der Waals surface area (Å²) in [5.74, 6) is 0.463. The van der Waals surface area contributed by atoms with Gasteiger partial charge in [0, 0.05) is 18.3 Å². The first-order valence-electron chi connectivity index (χ1n) is 7.46. The third-order valence-electron chi connectivity index (χ3n) is 3.92. The van der Waals surface area contributed by atoms with Gasteiger partial charge in [0.15, 0.2) is 0 Å². The Kier molecular flexibility index (Phi) is 4.02. The summed E-state index contributed by atoms with van der Waals surface area (Å²) >= 11 is 0. The fraction of sp³-hybridized carbons (Fsp3) is 0.222. The van der Waals surface area contributed by atoms with E-state index in [2.05, 4.69) is 5.32 Å². The van der Waals surface area contributed by atoms with Crippen LogP contribution < -0.4 is 15.0 Å². The molecule has 0 saturated heterocycles. The van der Waals surface area contributed by atoms with Crippen LogP contribution in [0.25, 0.3) is 0 Å². The van der Waals surface area contributed by atoms with E-state index in [9.17, 15) is 9.59 Å². The van der Waals surface area contributed by atoms with E-state index in [0.29, 0.717) is 35.7 Å². The van der Waals surface area contributed by atoms with Crippen molar-refractivity contribution in [3.63, 3.8) is 0 Å². The van der Waals surface area contributed by atoms with Gasteiger partial charge in [0.2, 0.25) is 5.91 Å². The van der Waals surface area contributed by atoms with Gasteiger partial charge < -0.3 is 15.0 Å². The molecule has 2 amide bonds. The van der Waals surface area contributed by atoms with Crippen LogP contribution in [0.4, 0.5) is 11.4 Å². The lowest BCUT2D eigenvalue weighted by molar-refractivity contribution is -0.118. The van der Waals surface area contributed by atoms with Gasteiger partial charge in [0.05, 0.1) is 18.7 Å². The summed E-state index contributed by atoms with van der Waals surface area (Å²) in [5, 5.41) is 2.87. The summed E-state index contributed by atoms with van der Waals surface area (Å²) < 4.78 is 5.58. The third-order valence-corrected chi connectivity index (χ3v) is 3.92. The normalized spacial score (nSPS) is 13.8. The van der Waals surface area contributed by atoms with E-state index in [1.165, 1.54) is 0 Å². The zero-order valence-corrected chi connectivity index (χ0v) is 13.1. The molecule has 0 radical (unpaired) electrons. The van der Waals surface area contributed by atoms with E-state index in [0.717, 1.165) is 5.56 Å². The Labute approximate surface area is 134 Å². The molecule has 5 nitrogen and oxygen atoms in total. The molecule has 0 fully saturated rings. The minimum absolute atomic E-state index is 0.00821. The molecule has 1 N–H and O–H groups in total. The number of hydrogen-bond donors (Lipinski definition) is 1. The molecule has 118 valence electrons. The molecule has 3 rings (SSSR count). The van der Waals surface area contributed by atoms with Crippen LogP contribution in [0.15, 0.2) is 42.5 Å². The Bertz CT molecular complexity index is 771. The summed E-state index contributed by atoms with van der Waals surface area (Å²) in [7, 11) is 1.71. The number of carbonyl (C=O) groups is 2. The van der Waals surface area contributed by atoms with Crippen molar-refractivity contribution in [2.24, 2.45) is 0 Å². The molecular formula is C18H18N2O3. The van der Waals surface area contributed by atoms with Crippen LogP contribution in [-0.4, -0.2) is 25.5 Å². The summed E-state index contributed by atoms with van der Waals surface area (Å²) in [5.41, 5.74) is 2.83. The van der Waals surface area contributed by atoms with Gasteiger partial charge in [0.25, 0.3) is 5.91 Å². The van der Waals surface area contributed by atoms with E-state index in [1.54, 1.807) is 36.2 Å². The van der Waals surface area contributed by atoms with Gasteiger partial charge in [-0.05, 0) is 36.8 Å². The molecule has 1 aliphatic rings. The Balaban J connectivity index is 1.88. The topological polar surface area (TPSA) is 58.6 Å². The highest BCUT2D eigenvalue weighted by Crippen LogP contribution is 2.33. The molecule has 0 spiro atoms. The largest absolute Gasteiger partial charge is 0.491 e. The number of aryl methyl sites for hydroxylation is 1. The molecule has 0 unspecified atom stereocenters. The van der Waals surface area contributed by atoms with Crippen LogP contribution in [0.2, 0.25) is 0 Å². The molecule has 0 bridgehead atoms. The fourth-order valence-electron chi connectivity index (χ4n) is 2.56. The van der Waals surface area contributed by atoms with Crippen molar-refractivity contribution in [1.82, 2.24) is 0 Å². The lowest BCUT2D eigenvalue weighted by atomic mass is 10.1. The van der Waals surface area contributed by atoms with Crippen LogP contribution in [0.1, 0.15) is 22.3 Å². The van der Waals surface area contributed by atoms with Crippen molar-refractivity contribution in [2.75, 3.05) is 23.9 Å². The average molecular weight is 310 g/mol. The van der Waals surface area contributed by atoms with Gasteiger partial charge in [-0.1, -0.05) is 18.2 Å². The molecule has 0 aromatic heterocycles. The molecule has 0 saturated carbocycles. The summed E-state index contributed by atoms with van der Waals surface area (Å²) in [6.07, 6.45) is 0.343. The molecule has 0 aliphatic carbocycles. The van der Waals surface area contributed by atoms with Crippen molar-refractivity contribution in [3.8, 4) is 5.75 Å². The van der Waals surface area contributed by atoms with Gasteiger partial charge >= 0.3 is 0 Å². The van der Waals surface area contributed by atoms with Crippen LogP contribution >= 0.6 is 0 Å². The number of amides is 2. The number of nitrogens with one attached hydrogen (secondary N) is 1. The van der Waals surface area contributed by atoms with Crippen LogP contribution in [0, 0.1) is 6.92 Å². The number of rotatable bonds is 2. The second-order valence-corrected chi connectivity index (χ2v) is 5.50. The van der Waals surface area contributed by atoms with Gasteiger partial charge in [-0.2, -0.15) is 0 Å². The first-order chi connectivity index (χ1) is 11.1. The van der Waals surface area contributed by atoms with Gasteiger partial charge in [-0.15, -0.1) is 0 Å². The predicted octanol–water partition coefficient (Wildman–Crippen LogP) is 2.99. The number of carbonyl (C=O) groups excluding carboxylic acids is 2. The number of ether oxygens (including phenoxy) is 1. The molecule has 2 aromatic carbocycles. The van der Waals surface area contributed by atoms with Crippen molar-refractivity contribution >= 4 is 23.2 Å². The maximum atomic E-state index is 12.4. The number of nitrogens with zero attached hydrogens (tertiary/aromatic N) is 1. The molecule has 1 aliphatic heterocycles. The van der Waals surface area contributed by atoms with Crippen LogP contribution in [-0.2, 0) is 4.79 Å². The van der Waals surface area contributed by atoms with E-state index in [-0.39, 0.29) is 11.8 Å². The third kappa shape index (κ3) is 3.04. The van der Waals surface area contributed by atoms with Gasteiger partial charge in [-0.25, -0.2) is 0 Å². The fourth-order valence-corrected chi connectivity index (χ4v) is 2.56. The second kappa shape index (κ2) is 6.12. The molecular weight excluding hydrogens is 292 g/mol. The predicted molar refractivity (Wildman–Crippen MR) is 89.1 cm³/mol. The molecule has 1 heterocycles. The van der Waals surface area contributed by atoms with Crippen molar-refractivity contribution in [2.45, 2.75) is 13.3 Å². The lowest BCUT2D eigenvalue weighted by Gasteiger charge is -2.17. The average Bonchev–Trinajstić information content (AvgIpc) is 2.68. The Hall–Kier alpha value is -2.82. The number of fused-ring (bicyclic) bond motifs is 1. The first kappa shape index (κ1) is 15.1. The Morgan fingerprint density at radius 2 is 2.00 bits per heavy atom. The highest BCUT2D eigenvalue weighted by atomic mass is 16.5. The molecule has 5 heteroatoms. The lowest BCUT2D eigenvalue weighted by Crippen LogP contribution is -2.25. The highest BCUT2D eigenvalue weighted by molar-refractivity contribution is 6.06. The Morgan fingerprint density at radius 1 is 1.22 bits per heavy atom. The number of benzene rings is 2. The zero-order valence-electron chi connectivity index (χ0n) is 13.1. The number of hydrogen-bond acceptors (Lipinski definition) is 3. The van der Waals surface area contributed by atoms with Crippen LogP contribution in [0.5, 0.6) is 5.75 Å². The quantitative estimate of drug-likeness (QED) is 0.927. The van der Waals surface area contributed by atoms with Crippen molar-refractivity contribution in [1.29, 1.82) is 0 Å². The smallest absolute Gasteiger partial charge is 0.255 e. The van der Waals surface area contributed by atoms with E-state index < -0.39 is 0 Å². The highest BCUT2D eigenvalue weighted by Gasteiger charge is 2.20. The van der Waals surface area contributed by atoms with Gasteiger partial charge in [0.1, 0.15) is 5.75 Å². The Morgan fingerprint density at radius 3 is 2.78 bits per heavy atom. The van der Waals surface area contributed by atoms with Crippen LogP contribution in [0.3, 0.4) is 0 Å². The SMILES string of the molecule is Cc1ccccc1C(=O)Nc1ccc2c(c1)N(C)C(=O)CCO2. The minimum Gasteiger partial charge on any atom is -0.491 e. The zero-order chi connectivity index (χ0) is 16.4. The first-order valence-corrected chi connectivity index (χ1v) is 7.46. The molecule has 2 aromatic rings.